The summed E-state index contributed by atoms with van der Waals surface area (Å²) in [6, 6.07) is 2.03. The van der Waals surface area contributed by atoms with Crippen molar-refractivity contribution in [2.24, 2.45) is 0 Å². The topological polar surface area (TPSA) is 49.0 Å². The van der Waals surface area contributed by atoms with E-state index < -0.39 is 18.1 Å². The predicted molar refractivity (Wildman–Crippen MR) is 74.5 cm³/mol. The molecule has 118 valence electrons. The maximum absolute atomic E-state index is 14.0. The van der Waals surface area contributed by atoms with Crippen LogP contribution in [0.25, 0.3) is 5.69 Å². The Morgan fingerprint density at radius 2 is 2.18 bits per heavy atom. The largest absolute Gasteiger partial charge is 0.488 e. The van der Waals surface area contributed by atoms with Crippen LogP contribution in [0.4, 0.5) is 13.2 Å². The van der Waals surface area contributed by atoms with E-state index in [-0.39, 0.29) is 33.5 Å². The Morgan fingerprint density at radius 1 is 1.50 bits per heavy atom. The Hall–Kier alpha value is -2.22. The lowest BCUT2D eigenvalue weighted by Crippen LogP contribution is -2.25. The van der Waals surface area contributed by atoms with Gasteiger partial charge in [-0.05, 0) is 13.0 Å². The zero-order chi connectivity index (χ0) is 16.4. The van der Waals surface area contributed by atoms with E-state index in [1.807, 2.05) is 0 Å². The van der Waals surface area contributed by atoms with Crippen LogP contribution in [0.3, 0.4) is 0 Å². The van der Waals surface area contributed by atoms with Gasteiger partial charge in [-0.3, -0.25) is 0 Å². The molecule has 0 fully saturated rings. The van der Waals surface area contributed by atoms with E-state index in [1.165, 1.54) is 13.0 Å². The first-order valence-electron chi connectivity index (χ1n) is 6.06. The lowest BCUT2D eigenvalue weighted by atomic mass is 10.3. The standard InChI is InChI=1S/C13H11ClF3N3O2/c1-3-4-22-11-6-10(9(15)5-8(11)14)20-13(21)19(12(16)17)7(2)18-20/h3,5-6,12H,1,4H2,2H3. The monoisotopic (exact) mass is 333 g/mol. The molecular formula is C13H11ClF3N3O2. The van der Waals surface area contributed by atoms with Crippen molar-refractivity contribution in [1.82, 2.24) is 14.3 Å². The van der Waals surface area contributed by atoms with E-state index in [2.05, 4.69) is 11.7 Å². The minimum Gasteiger partial charge on any atom is -0.488 e. The first-order chi connectivity index (χ1) is 10.4. The van der Waals surface area contributed by atoms with Gasteiger partial charge >= 0.3 is 12.2 Å². The highest BCUT2D eigenvalue weighted by Crippen LogP contribution is 2.29. The zero-order valence-corrected chi connectivity index (χ0v) is 12.1. The Labute approximate surface area is 128 Å². The van der Waals surface area contributed by atoms with Crippen LogP contribution in [0.1, 0.15) is 12.4 Å². The summed E-state index contributed by atoms with van der Waals surface area (Å²) in [5.41, 5.74) is -1.50. The number of alkyl halides is 2. The first kappa shape index (κ1) is 16.2. The smallest absolute Gasteiger partial charge is 0.355 e. The Kier molecular flexibility index (Phi) is 4.60. The van der Waals surface area contributed by atoms with E-state index in [0.29, 0.717) is 4.68 Å². The van der Waals surface area contributed by atoms with E-state index in [9.17, 15) is 18.0 Å². The Bertz CT molecular complexity index is 771. The van der Waals surface area contributed by atoms with Gasteiger partial charge in [-0.25, -0.2) is 13.8 Å². The summed E-state index contributed by atoms with van der Waals surface area (Å²) < 4.78 is 45.5. The van der Waals surface area contributed by atoms with E-state index in [4.69, 9.17) is 16.3 Å². The van der Waals surface area contributed by atoms with Crippen LogP contribution in [0.15, 0.2) is 29.6 Å². The number of nitrogens with zero attached hydrogens (tertiary/aromatic N) is 3. The van der Waals surface area contributed by atoms with Crippen LogP contribution in [0, 0.1) is 12.7 Å². The molecule has 1 heterocycles. The van der Waals surface area contributed by atoms with Gasteiger partial charge in [0.05, 0.1) is 5.02 Å². The van der Waals surface area contributed by atoms with Gasteiger partial charge < -0.3 is 4.74 Å². The molecule has 0 N–H and O–H groups in total. The number of aryl methyl sites for hydroxylation is 1. The molecule has 0 saturated carbocycles. The van der Waals surface area contributed by atoms with Crippen molar-refractivity contribution in [3.63, 3.8) is 0 Å². The second kappa shape index (κ2) is 6.27. The number of rotatable bonds is 5. The lowest BCUT2D eigenvalue weighted by Gasteiger charge is -2.09. The van der Waals surface area contributed by atoms with Gasteiger partial charge in [-0.1, -0.05) is 24.3 Å². The molecular weight excluding hydrogens is 323 g/mol. The predicted octanol–water partition coefficient (Wildman–Crippen LogP) is 3.09. The Morgan fingerprint density at radius 3 is 2.73 bits per heavy atom. The molecule has 0 saturated heterocycles. The molecule has 5 nitrogen and oxygen atoms in total. The highest BCUT2D eigenvalue weighted by molar-refractivity contribution is 6.32. The maximum atomic E-state index is 14.0. The van der Waals surface area contributed by atoms with Crippen molar-refractivity contribution < 1.29 is 17.9 Å². The molecule has 0 radical (unpaired) electrons. The lowest BCUT2D eigenvalue weighted by molar-refractivity contribution is 0.0640. The molecule has 1 aromatic heterocycles. The van der Waals surface area contributed by atoms with Crippen LogP contribution in [0.5, 0.6) is 5.75 Å². The van der Waals surface area contributed by atoms with Crippen LogP contribution in [-0.2, 0) is 0 Å². The van der Waals surface area contributed by atoms with Crippen molar-refractivity contribution >= 4 is 11.6 Å². The molecule has 0 amide bonds. The summed E-state index contributed by atoms with van der Waals surface area (Å²) >= 11 is 5.82. The number of benzene rings is 1. The number of hydrogen-bond donors (Lipinski definition) is 0. The first-order valence-corrected chi connectivity index (χ1v) is 6.44. The van der Waals surface area contributed by atoms with Crippen molar-refractivity contribution in [3.05, 3.63) is 51.9 Å². The average molecular weight is 334 g/mol. The molecule has 2 rings (SSSR count). The average Bonchev–Trinajstić information content (AvgIpc) is 2.73. The summed E-state index contributed by atoms with van der Waals surface area (Å²) in [6.07, 6.45) is 1.45. The summed E-state index contributed by atoms with van der Waals surface area (Å²) in [6.45, 7) is 1.70. The van der Waals surface area contributed by atoms with Crippen molar-refractivity contribution in [1.29, 1.82) is 0 Å². The van der Waals surface area contributed by atoms with Gasteiger partial charge in [-0.2, -0.15) is 13.5 Å². The molecule has 1 aromatic carbocycles. The van der Waals surface area contributed by atoms with Crippen molar-refractivity contribution in [2.45, 2.75) is 13.5 Å². The van der Waals surface area contributed by atoms with Gasteiger partial charge in [0.2, 0.25) is 0 Å². The van der Waals surface area contributed by atoms with Crippen LogP contribution in [-0.4, -0.2) is 21.0 Å². The molecule has 0 aliphatic heterocycles. The molecule has 0 atom stereocenters. The second-order valence-electron chi connectivity index (χ2n) is 4.22. The molecule has 0 aliphatic carbocycles. The van der Waals surface area contributed by atoms with Gasteiger partial charge in [-0.15, -0.1) is 5.10 Å². The number of ether oxygens (including phenoxy) is 1. The minimum atomic E-state index is -3.08. The fourth-order valence-corrected chi connectivity index (χ4v) is 2.00. The highest BCUT2D eigenvalue weighted by Gasteiger charge is 2.21. The third-order valence-corrected chi connectivity index (χ3v) is 3.06. The summed E-state index contributed by atoms with van der Waals surface area (Å²) in [5.74, 6) is -1.06. The zero-order valence-electron chi connectivity index (χ0n) is 11.4. The molecule has 0 spiro atoms. The van der Waals surface area contributed by atoms with Crippen molar-refractivity contribution in [3.8, 4) is 11.4 Å². The Balaban J connectivity index is 2.60. The van der Waals surface area contributed by atoms with E-state index in [0.717, 1.165) is 12.1 Å². The van der Waals surface area contributed by atoms with Crippen molar-refractivity contribution in [2.75, 3.05) is 6.61 Å². The van der Waals surface area contributed by atoms with Gasteiger partial charge in [0.15, 0.2) is 5.82 Å². The van der Waals surface area contributed by atoms with E-state index in [1.54, 1.807) is 0 Å². The van der Waals surface area contributed by atoms with Crippen LogP contribution < -0.4 is 10.4 Å². The fraction of sp³-hybridized carbons (Fsp3) is 0.231. The molecule has 0 bridgehead atoms. The summed E-state index contributed by atoms with van der Waals surface area (Å²) in [4.78, 5) is 11.9. The van der Waals surface area contributed by atoms with Gasteiger partial charge in [0.1, 0.15) is 23.9 Å². The molecule has 0 unspecified atom stereocenters. The quantitative estimate of drug-likeness (QED) is 0.790. The SMILES string of the molecule is C=CCOc1cc(-n2nc(C)n(C(F)F)c2=O)c(F)cc1Cl. The molecule has 9 heteroatoms. The van der Waals surface area contributed by atoms with E-state index >= 15 is 0 Å². The summed E-state index contributed by atoms with van der Waals surface area (Å²) in [5, 5.41) is 3.62. The number of hydrogen-bond acceptors (Lipinski definition) is 3. The summed E-state index contributed by atoms with van der Waals surface area (Å²) in [7, 11) is 0. The minimum absolute atomic E-state index is 0.0267. The third-order valence-electron chi connectivity index (χ3n) is 2.76. The second-order valence-corrected chi connectivity index (χ2v) is 4.63. The maximum Gasteiger partial charge on any atom is 0.355 e. The molecule has 0 aliphatic rings. The van der Waals surface area contributed by atoms with Gasteiger partial charge in [0.25, 0.3) is 0 Å². The third kappa shape index (κ3) is 2.87. The fourth-order valence-electron chi connectivity index (χ4n) is 1.80. The highest BCUT2D eigenvalue weighted by atomic mass is 35.5. The number of aromatic nitrogens is 3. The molecule has 2 aromatic rings. The van der Waals surface area contributed by atoms with Crippen LogP contribution >= 0.6 is 11.6 Å². The van der Waals surface area contributed by atoms with Gasteiger partial charge in [0, 0.05) is 6.07 Å². The normalized spacial score (nSPS) is 11.0. The number of halogens is 4. The van der Waals surface area contributed by atoms with Crippen LogP contribution in [0.2, 0.25) is 5.02 Å². The molecule has 22 heavy (non-hydrogen) atoms.